The number of halogens is 1. The third-order valence-electron chi connectivity index (χ3n) is 4.12. The largest absolute Gasteiger partial charge is 0.465 e. The molecule has 2 atom stereocenters. The van der Waals surface area contributed by atoms with Gasteiger partial charge in [-0.05, 0) is 6.92 Å². The number of aromatic nitrogens is 2. The summed E-state index contributed by atoms with van der Waals surface area (Å²) in [6.45, 7) is 1.97. The summed E-state index contributed by atoms with van der Waals surface area (Å²) in [4.78, 5) is 26.3. The maximum absolute atomic E-state index is 13.8. The molecule has 0 aliphatic carbocycles. The van der Waals surface area contributed by atoms with Crippen molar-refractivity contribution in [2.24, 2.45) is 0 Å². The number of fused-ring (bicyclic) bond motifs is 3. The standard InChI is InChI=1S/C13H17FN4O3/c1-7-3-10-9(6-17(7)13(20)21)11-12(19)16(2)4-8(14)5-18(11)15-10/h7-8H,3-6H2,1-2H3,(H,20,21)/t7-,8?/m1/s1. The lowest BCUT2D eigenvalue weighted by Gasteiger charge is -2.30. The first-order valence-corrected chi connectivity index (χ1v) is 6.86. The van der Waals surface area contributed by atoms with Gasteiger partial charge in [0.1, 0.15) is 11.9 Å². The molecule has 114 valence electrons. The third kappa shape index (κ3) is 2.14. The monoisotopic (exact) mass is 296 g/mol. The predicted molar refractivity (Wildman–Crippen MR) is 70.8 cm³/mol. The minimum Gasteiger partial charge on any atom is -0.465 e. The Morgan fingerprint density at radius 3 is 2.81 bits per heavy atom. The molecule has 3 rings (SSSR count). The van der Waals surface area contributed by atoms with Crippen LogP contribution in [-0.4, -0.2) is 62.5 Å². The van der Waals surface area contributed by atoms with Crippen molar-refractivity contribution in [1.82, 2.24) is 19.6 Å². The molecule has 0 saturated carbocycles. The first-order valence-electron chi connectivity index (χ1n) is 6.86. The van der Waals surface area contributed by atoms with E-state index in [1.807, 2.05) is 0 Å². The topological polar surface area (TPSA) is 78.7 Å². The summed E-state index contributed by atoms with van der Waals surface area (Å²) in [7, 11) is 1.55. The maximum atomic E-state index is 13.8. The second-order valence-electron chi connectivity index (χ2n) is 5.70. The summed E-state index contributed by atoms with van der Waals surface area (Å²) >= 11 is 0. The van der Waals surface area contributed by atoms with Gasteiger partial charge in [0.15, 0.2) is 0 Å². The van der Waals surface area contributed by atoms with Crippen LogP contribution in [0, 0.1) is 0 Å². The van der Waals surface area contributed by atoms with Gasteiger partial charge in [0, 0.05) is 25.1 Å². The molecule has 1 unspecified atom stereocenters. The summed E-state index contributed by atoms with van der Waals surface area (Å²) < 4.78 is 15.2. The van der Waals surface area contributed by atoms with Crippen LogP contribution in [0.5, 0.6) is 0 Å². The van der Waals surface area contributed by atoms with Crippen molar-refractivity contribution in [2.75, 3.05) is 13.6 Å². The van der Waals surface area contributed by atoms with Crippen molar-refractivity contribution in [3.05, 3.63) is 17.0 Å². The highest BCUT2D eigenvalue weighted by Crippen LogP contribution is 2.28. The zero-order valence-electron chi connectivity index (χ0n) is 11.9. The molecule has 0 aromatic carbocycles. The predicted octanol–water partition coefficient (Wildman–Crippen LogP) is 0.731. The maximum Gasteiger partial charge on any atom is 0.407 e. The van der Waals surface area contributed by atoms with Crippen molar-refractivity contribution in [3.63, 3.8) is 0 Å². The molecule has 2 amide bonds. The van der Waals surface area contributed by atoms with Crippen molar-refractivity contribution < 1.29 is 19.1 Å². The van der Waals surface area contributed by atoms with Crippen molar-refractivity contribution in [1.29, 1.82) is 0 Å². The zero-order valence-corrected chi connectivity index (χ0v) is 11.9. The molecule has 2 aliphatic heterocycles. The van der Waals surface area contributed by atoms with Crippen molar-refractivity contribution in [3.8, 4) is 0 Å². The first-order chi connectivity index (χ1) is 9.88. The van der Waals surface area contributed by atoms with E-state index in [-0.39, 0.29) is 31.6 Å². The van der Waals surface area contributed by atoms with Crippen LogP contribution in [0.4, 0.5) is 9.18 Å². The van der Waals surface area contributed by atoms with Crippen LogP contribution < -0.4 is 0 Å². The Morgan fingerprint density at radius 1 is 1.43 bits per heavy atom. The number of nitrogens with zero attached hydrogens (tertiary/aromatic N) is 4. The molecule has 21 heavy (non-hydrogen) atoms. The van der Waals surface area contributed by atoms with Gasteiger partial charge in [-0.1, -0.05) is 0 Å². The highest BCUT2D eigenvalue weighted by atomic mass is 19.1. The van der Waals surface area contributed by atoms with Crippen LogP contribution in [0.15, 0.2) is 0 Å². The highest BCUT2D eigenvalue weighted by Gasteiger charge is 2.36. The van der Waals surface area contributed by atoms with Crippen LogP contribution in [-0.2, 0) is 19.5 Å². The van der Waals surface area contributed by atoms with Crippen molar-refractivity contribution in [2.45, 2.75) is 38.6 Å². The van der Waals surface area contributed by atoms with Crippen LogP contribution in [0.3, 0.4) is 0 Å². The van der Waals surface area contributed by atoms with Crippen LogP contribution in [0.2, 0.25) is 0 Å². The molecule has 1 aromatic rings. The lowest BCUT2D eigenvalue weighted by atomic mass is 10.00. The number of rotatable bonds is 0. The Labute approximate surface area is 120 Å². The minimum atomic E-state index is -1.17. The van der Waals surface area contributed by atoms with Gasteiger partial charge in [-0.3, -0.25) is 9.48 Å². The number of hydrogen-bond acceptors (Lipinski definition) is 3. The lowest BCUT2D eigenvalue weighted by molar-refractivity contribution is 0.0763. The second kappa shape index (κ2) is 4.71. The number of hydrogen-bond donors (Lipinski definition) is 1. The van der Waals surface area contributed by atoms with Gasteiger partial charge in [0.2, 0.25) is 0 Å². The van der Waals surface area contributed by atoms with Crippen LogP contribution >= 0.6 is 0 Å². The molecule has 1 N–H and O–H groups in total. The average molecular weight is 296 g/mol. The minimum absolute atomic E-state index is 0.0238. The van der Waals surface area contributed by atoms with Crippen LogP contribution in [0.1, 0.15) is 28.7 Å². The SMILES string of the molecule is C[C@@H]1Cc2nn3c(c2CN1C(=O)O)C(=O)N(C)CC(F)C3. The van der Waals surface area contributed by atoms with E-state index in [1.165, 1.54) is 14.5 Å². The molecule has 7 nitrogen and oxygen atoms in total. The van der Waals surface area contributed by atoms with Crippen molar-refractivity contribution >= 4 is 12.0 Å². The normalized spacial score (nSPS) is 25.4. The molecule has 3 heterocycles. The van der Waals surface area contributed by atoms with Crippen LogP contribution in [0.25, 0.3) is 0 Å². The molecular formula is C13H17FN4O3. The van der Waals surface area contributed by atoms with Gasteiger partial charge >= 0.3 is 6.09 Å². The molecule has 0 bridgehead atoms. The fraction of sp³-hybridized carbons (Fsp3) is 0.615. The summed E-state index contributed by atoms with van der Waals surface area (Å²) in [5, 5.41) is 13.6. The van der Waals surface area contributed by atoms with Gasteiger partial charge in [0.05, 0.1) is 25.3 Å². The quantitative estimate of drug-likeness (QED) is 0.765. The fourth-order valence-corrected chi connectivity index (χ4v) is 3.03. The molecule has 0 spiro atoms. The second-order valence-corrected chi connectivity index (χ2v) is 5.70. The third-order valence-corrected chi connectivity index (χ3v) is 4.12. The van der Waals surface area contributed by atoms with E-state index >= 15 is 0 Å². The Balaban J connectivity index is 2.07. The fourth-order valence-electron chi connectivity index (χ4n) is 3.03. The van der Waals surface area contributed by atoms with Gasteiger partial charge < -0.3 is 14.9 Å². The molecule has 0 radical (unpaired) electrons. The average Bonchev–Trinajstić information content (AvgIpc) is 2.67. The highest BCUT2D eigenvalue weighted by molar-refractivity contribution is 5.94. The van der Waals surface area contributed by atoms with E-state index in [0.717, 1.165) is 0 Å². The number of amides is 2. The Hall–Kier alpha value is -2.12. The molecule has 1 aromatic heterocycles. The number of carboxylic acid groups (broad SMARTS) is 1. The molecule has 0 saturated heterocycles. The number of carbonyl (C=O) groups excluding carboxylic acids is 1. The van der Waals surface area contributed by atoms with Gasteiger partial charge in [-0.2, -0.15) is 5.10 Å². The first kappa shape index (κ1) is 13.8. The smallest absolute Gasteiger partial charge is 0.407 e. The molecule has 8 heteroatoms. The summed E-state index contributed by atoms with van der Waals surface area (Å²) in [5.41, 5.74) is 1.64. The van der Waals surface area contributed by atoms with Gasteiger partial charge in [-0.15, -0.1) is 0 Å². The van der Waals surface area contributed by atoms with Gasteiger partial charge in [0.25, 0.3) is 5.91 Å². The Morgan fingerprint density at radius 2 is 2.14 bits per heavy atom. The van der Waals surface area contributed by atoms with Gasteiger partial charge in [-0.25, -0.2) is 9.18 Å². The lowest BCUT2D eigenvalue weighted by Crippen LogP contribution is -2.42. The summed E-state index contributed by atoms with van der Waals surface area (Å²) in [6.07, 6.45) is -1.75. The van der Waals surface area contributed by atoms with E-state index in [4.69, 9.17) is 0 Å². The molecule has 0 fully saturated rings. The summed E-state index contributed by atoms with van der Waals surface area (Å²) in [5.74, 6) is -0.302. The summed E-state index contributed by atoms with van der Waals surface area (Å²) in [6, 6.07) is -0.205. The Kier molecular flexibility index (Phi) is 3.11. The van der Waals surface area contributed by atoms with E-state index < -0.39 is 12.3 Å². The zero-order chi connectivity index (χ0) is 15.3. The molecule has 2 aliphatic rings. The Bertz CT molecular complexity index is 615. The number of carbonyl (C=O) groups is 2. The van der Waals surface area contributed by atoms with E-state index in [2.05, 4.69) is 5.10 Å². The molecular weight excluding hydrogens is 279 g/mol. The van der Waals surface area contributed by atoms with E-state index in [1.54, 1.807) is 14.0 Å². The van der Waals surface area contributed by atoms with E-state index in [0.29, 0.717) is 23.4 Å². The van der Waals surface area contributed by atoms with E-state index in [9.17, 15) is 19.1 Å². The number of alkyl halides is 1.